The number of carbonyl (C=O) groups is 3. The molecule has 1 rings (SSSR count). The van der Waals surface area contributed by atoms with Crippen LogP contribution in [-0.4, -0.2) is 47.7 Å². The molecule has 0 heterocycles. The predicted molar refractivity (Wildman–Crippen MR) is 117 cm³/mol. The third-order valence-electron chi connectivity index (χ3n) is 4.97. The van der Waals surface area contributed by atoms with Gasteiger partial charge in [0.15, 0.2) is 0 Å². The molecule has 0 aromatic carbocycles. The van der Waals surface area contributed by atoms with Gasteiger partial charge >= 0.3 is 11.9 Å². The summed E-state index contributed by atoms with van der Waals surface area (Å²) in [6.07, 6.45) is 7.01. The first-order chi connectivity index (χ1) is 13.2. The zero-order valence-corrected chi connectivity index (χ0v) is 19.2. The van der Waals surface area contributed by atoms with E-state index in [-0.39, 0.29) is 51.7 Å². The summed E-state index contributed by atoms with van der Waals surface area (Å²) in [7, 11) is 0. The van der Waals surface area contributed by atoms with Crippen LogP contribution >= 0.6 is 24.4 Å². The number of allylic oxidation sites excluding steroid dienone is 2. The van der Waals surface area contributed by atoms with Gasteiger partial charge in [-0.05, 0) is 30.6 Å². The van der Waals surface area contributed by atoms with Crippen LogP contribution in [0.25, 0.3) is 0 Å². The summed E-state index contributed by atoms with van der Waals surface area (Å²) in [5, 5.41) is 0.0783. The molecule has 7 heteroatoms. The topological polar surface area (TPSA) is 69.7 Å². The smallest absolute Gasteiger partial charge is 0.315 e. The van der Waals surface area contributed by atoms with Crippen LogP contribution in [0.1, 0.15) is 53.4 Å². The van der Waals surface area contributed by atoms with E-state index in [0.717, 1.165) is 6.42 Å². The van der Waals surface area contributed by atoms with Gasteiger partial charge in [0.25, 0.3) is 0 Å². The van der Waals surface area contributed by atoms with Gasteiger partial charge in [-0.15, -0.1) is 11.8 Å². The van der Waals surface area contributed by atoms with E-state index in [1.807, 2.05) is 6.92 Å². The van der Waals surface area contributed by atoms with Crippen molar-refractivity contribution in [3.63, 3.8) is 0 Å². The monoisotopic (exact) mass is 430 g/mol. The van der Waals surface area contributed by atoms with Crippen molar-refractivity contribution in [1.29, 1.82) is 0 Å². The molecule has 0 N–H and O–H groups in total. The molecule has 0 aromatic heterocycles. The summed E-state index contributed by atoms with van der Waals surface area (Å²) in [5.41, 5.74) is -0.0181. The lowest BCUT2D eigenvalue weighted by molar-refractivity contribution is -0.142. The summed E-state index contributed by atoms with van der Waals surface area (Å²) in [4.78, 5) is 35.6. The van der Waals surface area contributed by atoms with E-state index in [4.69, 9.17) is 9.47 Å². The second kappa shape index (κ2) is 12.6. The van der Waals surface area contributed by atoms with E-state index in [1.165, 1.54) is 11.8 Å². The van der Waals surface area contributed by atoms with Gasteiger partial charge in [-0.1, -0.05) is 39.8 Å². The van der Waals surface area contributed by atoms with Crippen LogP contribution < -0.4 is 0 Å². The first-order valence-electron chi connectivity index (χ1n) is 9.90. The lowest BCUT2D eigenvalue weighted by atomic mass is 9.65. The van der Waals surface area contributed by atoms with Crippen molar-refractivity contribution < 1.29 is 23.9 Å². The molecule has 0 radical (unpaired) electrons. The summed E-state index contributed by atoms with van der Waals surface area (Å²) in [5.74, 6) is 0.265. The predicted octanol–water partition coefficient (Wildman–Crippen LogP) is 4.10. The lowest BCUT2D eigenvalue weighted by Gasteiger charge is -2.39. The number of hydrogen-bond acceptors (Lipinski definition) is 7. The van der Waals surface area contributed by atoms with E-state index in [2.05, 4.69) is 45.6 Å². The Morgan fingerprint density at radius 3 is 2.36 bits per heavy atom. The van der Waals surface area contributed by atoms with Crippen molar-refractivity contribution in [3.05, 3.63) is 12.2 Å². The maximum Gasteiger partial charge on any atom is 0.315 e. The Balaban J connectivity index is 2.22. The summed E-state index contributed by atoms with van der Waals surface area (Å²) >= 11 is 5.28. The van der Waals surface area contributed by atoms with E-state index in [0.29, 0.717) is 32.5 Å². The fourth-order valence-electron chi connectivity index (χ4n) is 3.61. The molecule has 3 unspecified atom stereocenters. The average Bonchev–Trinajstić information content (AvgIpc) is 2.61. The Kier molecular flexibility index (Phi) is 11.3. The minimum Gasteiger partial charge on any atom is -0.465 e. The fraction of sp³-hybridized carbons (Fsp3) is 0.762. The second-order valence-corrected chi connectivity index (χ2v) is 9.80. The number of ether oxygens (including phenoxy) is 2. The molecule has 0 saturated heterocycles. The van der Waals surface area contributed by atoms with Gasteiger partial charge in [0.2, 0.25) is 0 Å². The zero-order chi connectivity index (χ0) is 21.2. The van der Waals surface area contributed by atoms with Gasteiger partial charge in [0, 0.05) is 17.6 Å². The minimum absolute atomic E-state index is 0.0181. The van der Waals surface area contributed by atoms with Crippen molar-refractivity contribution in [1.82, 2.24) is 0 Å². The van der Waals surface area contributed by atoms with Gasteiger partial charge in [-0.3, -0.25) is 14.4 Å². The molecule has 5 nitrogen and oxygen atoms in total. The largest absolute Gasteiger partial charge is 0.465 e. The number of rotatable bonds is 12. The van der Waals surface area contributed by atoms with Crippen molar-refractivity contribution >= 4 is 42.1 Å². The molecule has 0 saturated carbocycles. The van der Waals surface area contributed by atoms with Crippen LogP contribution in [0.5, 0.6) is 0 Å². The fourth-order valence-corrected chi connectivity index (χ4v) is 4.49. The van der Waals surface area contributed by atoms with Crippen molar-refractivity contribution in [2.24, 2.45) is 17.3 Å². The molecule has 3 atom stereocenters. The molecule has 28 heavy (non-hydrogen) atoms. The van der Waals surface area contributed by atoms with Gasteiger partial charge in [0.1, 0.15) is 5.78 Å². The number of thiol groups is 1. The highest BCUT2D eigenvalue weighted by atomic mass is 32.2. The maximum atomic E-state index is 12.8. The normalized spacial score (nSPS) is 21.8. The van der Waals surface area contributed by atoms with Crippen LogP contribution in [0.2, 0.25) is 0 Å². The Morgan fingerprint density at radius 2 is 1.79 bits per heavy atom. The Labute approximate surface area is 178 Å². The molecule has 0 fully saturated rings. The lowest BCUT2D eigenvalue weighted by Crippen LogP contribution is -2.38. The van der Waals surface area contributed by atoms with Crippen molar-refractivity contribution in [2.45, 2.75) is 58.6 Å². The van der Waals surface area contributed by atoms with Gasteiger partial charge in [-0.2, -0.15) is 12.6 Å². The van der Waals surface area contributed by atoms with Crippen LogP contribution in [0.15, 0.2) is 12.2 Å². The second-order valence-electron chi connectivity index (χ2n) is 8.06. The average molecular weight is 431 g/mol. The van der Waals surface area contributed by atoms with E-state index in [1.54, 1.807) is 0 Å². The van der Waals surface area contributed by atoms with Crippen molar-refractivity contribution in [3.8, 4) is 0 Å². The highest BCUT2D eigenvalue weighted by Crippen LogP contribution is 2.42. The van der Waals surface area contributed by atoms with Crippen LogP contribution in [0.4, 0.5) is 0 Å². The first-order valence-corrected chi connectivity index (χ1v) is 11.6. The van der Waals surface area contributed by atoms with Gasteiger partial charge in [-0.25, -0.2) is 0 Å². The number of thioether (sulfide) groups is 1. The SMILES string of the molecule is CC(CC(=O)C1C(C)C=CCC1(C)C)SCC(=O)OCCCCOC(=O)CS. The molecule has 0 aliphatic heterocycles. The number of Topliss-reactive ketones (excluding diaryl/α,β-unsaturated/α-hetero) is 1. The number of esters is 2. The number of unbranched alkanes of at least 4 members (excludes halogenated alkanes) is 1. The van der Waals surface area contributed by atoms with Crippen LogP contribution in [0.3, 0.4) is 0 Å². The van der Waals surface area contributed by atoms with Gasteiger partial charge in [0.05, 0.1) is 24.7 Å². The molecule has 0 bridgehead atoms. The van der Waals surface area contributed by atoms with Crippen LogP contribution in [-0.2, 0) is 23.9 Å². The molecule has 0 spiro atoms. The quantitative estimate of drug-likeness (QED) is 0.218. The summed E-state index contributed by atoms with van der Waals surface area (Å²) in [6, 6.07) is 0. The molecule has 0 aromatic rings. The van der Waals surface area contributed by atoms with Crippen LogP contribution in [0, 0.1) is 17.3 Å². The third kappa shape index (κ3) is 9.03. The highest BCUT2D eigenvalue weighted by molar-refractivity contribution is 8.00. The molecule has 160 valence electrons. The first kappa shape index (κ1) is 25.1. The minimum atomic E-state index is -0.345. The van der Waals surface area contributed by atoms with E-state index < -0.39 is 0 Å². The molecular weight excluding hydrogens is 396 g/mol. The Bertz CT molecular complexity index is 559. The van der Waals surface area contributed by atoms with Gasteiger partial charge < -0.3 is 9.47 Å². The standard InChI is InChI=1S/C21H34O5S2/c1-15-8-7-9-21(3,4)20(15)17(22)12-16(2)28-14-19(24)26-11-6-5-10-25-18(23)13-27/h7-8,15-16,20,27H,5-6,9-14H2,1-4H3. The highest BCUT2D eigenvalue weighted by Gasteiger charge is 2.39. The van der Waals surface area contributed by atoms with E-state index in [9.17, 15) is 14.4 Å². The third-order valence-corrected chi connectivity index (χ3v) is 6.36. The molecule has 1 aliphatic carbocycles. The summed E-state index contributed by atoms with van der Waals surface area (Å²) < 4.78 is 10.1. The number of ketones is 1. The summed E-state index contributed by atoms with van der Waals surface area (Å²) in [6.45, 7) is 9.03. The zero-order valence-electron chi connectivity index (χ0n) is 17.4. The number of carbonyl (C=O) groups excluding carboxylic acids is 3. The number of hydrogen-bond donors (Lipinski definition) is 1. The maximum absolute atomic E-state index is 12.8. The van der Waals surface area contributed by atoms with E-state index >= 15 is 0 Å². The van der Waals surface area contributed by atoms with Crippen molar-refractivity contribution in [2.75, 3.05) is 24.7 Å². The molecular formula is C21H34O5S2. The Morgan fingerprint density at radius 1 is 1.18 bits per heavy atom. The molecule has 1 aliphatic rings. The Hall–Kier alpha value is -0.950. The molecule has 0 amide bonds.